The molecule has 0 aliphatic carbocycles. The van der Waals surface area contributed by atoms with E-state index in [2.05, 4.69) is 20.6 Å². The highest BCUT2D eigenvalue weighted by Crippen LogP contribution is 2.09. The molecule has 2 amide bonds. The molecule has 4 N–H and O–H groups in total. The Morgan fingerprint density at radius 3 is 2.63 bits per heavy atom. The van der Waals surface area contributed by atoms with Gasteiger partial charge in [0, 0.05) is 18.5 Å². The van der Waals surface area contributed by atoms with Crippen molar-refractivity contribution in [1.29, 1.82) is 0 Å². The first kappa shape index (κ1) is 14.9. The van der Waals surface area contributed by atoms with Gasteiger partial charge in [0.2, 0.25) is 5.91 Å². The minimum Gasteiger partial charge on any atom is -0.370 e. The molecule has 7 heteroatoms. The number of hydrogen-bond acceptors (Lipinski definition) is 5. The molecule has 0 bridgehead atoms. The Morgan fingerprint density at radius 1 is 1.37 bits per heavy atom. The van der Waals surface area contributed by atoms with Gasteiger partial charge in [-0.2, -0.15) is 0 Å². The van der Waals surface area contributed by atoms with Crippen molar-refractivity contribution in [2.75, 3.05) is 11.9 Å². The van der Waals surface area contributed by atoms with Crippen LogP contribution in [0.1, 0.15) is 37.7 Å². The zero-order valence-corrected chi connectivity index (χ0v) is 11.4. The lowest BCUT2D eigenvalue weighted by Crippen LogP contribution is -2.46. The molecule has 0 aliphatic rings. The molecule has 0 atom stereocenters. The molecule has 1 aromatic heterocycles. The standard InChI is InChI=1S/C12H19N5O2/c1-4-15-10-7-14-6-8(16-10)11(19)17-12(2,3)5-9(13)18/h6-7H,4-5H2,1-3H3,(H2,13,18)(H,15,16)(H,17,19). The molecule has 0 unspecified atom stereocenters. The smallest absolute Gasteiger partial charge is 0.271 e. The van der Waals surface area contributed by atoms with Crippen molar-refractivity contribution in [1.82, 2.24) is 15.3 Å². The molecule has 0 aliphatic heterocycles. The van der Waals surface area contributed by atoms with Crippen molar-refractivity contribution < 1.29 is 9.59 Å². The van der Waals surface area contributed by atoms with Gasteiger partial charge >= 0.3 is 0 Å². The normalized spacial score (nSPS) is 10.9. The van der Waals surface area contributed by atoms with Crippen LogP contribution in [-0.2, 0) is 4.79 Å². The number of anilines is 1. The molecular formula is C12H19N5O2. The number of amides is 2. The molecule has 0 radical (unpaired) electrons. The van der Waals surface area contributed by atoms with Crippen LogP contribution in [0.15, 0.2) is 12.4 Å². The van der Waals surface area contributed by atoms with E-state index in [0.717, 1.165) is 0 Å². The average Bonchev–Trinajstić information content (AvgIpc) is 2.27. The number of hydrogen-bond donors (Lipinski definition) is 3. The Kier molecular flexibility index (Phi) is 4.80. The Balaban J connectivity index is 2.77. The second kappa shape index (κ2) is 6.12. The van der Waals surface area contributed by atoms with Gasteiger partial charge in [-0.1, -0.05) is 0 Å². The van der Waals surface area contributed by atoms with Gasteiger partial charge < -0.3 is 16.4 Å². The van der Waals surface area contributed by atoms with Gasteiger partial charge in [0.15, 0.2) is 0 Å². The summed E-state index contributed by atoms with van der Waals surface area (Å²) in [4.78, 5) is 31.0. The van der Waals surface area contributed by atoms with E-state index in [1.807, 2.05) is 6.92 Å². The van der Waals surface area contributed by atoms with Crippen molar-refractivity contribution >= 4 is 17.6 Å². The summed E-state index contributed by atoms with van der Waals surface area (Å²) in [5.41, 5.74) is 4.60. The second-order valence-corrected chi connectivity index (χ2v) is 4.80. The zero-order chi connectivity index (χ0) is 14.5. The van der Waals surface area contributed by atoms with E-state index in [1.54, 1.807) is 13.8 Å². The van der Waals surface area contributed by atoms with Gasteiger partial charge in [-0.25, -0.2) is 4.98 Å². The molecular weight excluding hydrogens is 246 g/mol. The van der Waals surface area contributed by atoms with Crippen molar-refractivity contribution in [2.45, 2.75) is 32.7 Å². The molecule has 19 heavy (non-hydrogen) atoms. The van der Waals surface area contributed by atoms with Crippen LogP contribution >= 0.6 is 0 Å². The molecule has 104 valence electrons. The predicted molar refractivity (Wildman–Crippen MR) is 71.6 cm³/mol. The predicted octanol–water partition coefficient (Wildman–Crippen LogP) is 0.292. The van der Waals surface area contributed by atoms with Gasteiger partial charge in [0.05, 0.1) is 12.4 Å². The largest absolute Gasteiger partial charge is 0.370 e. The van der Waals surface area contributed by atoms with E-state index < -0.39 is 17.4 Å². The first-order valence-corrected chi connectivity index (χ1v) is 6.01. The summed E-state index contributed by atoms with van der Waals surface area (Å²) in [5, 5.41) is 5.67. The third-order valence-electron chi connectivity index (χ3n) is 2.29. The fraction of sp³-hybridized carbons (Fsp3) is 0.500. The van der Waals surface area contributed by atoms with Gasteiger partial charge in [-0.05, 0) is 20.8 Å². The number of carbonyl (C=O) groups excluding carboxylic acids is 2. The Labute approximate surface area is 112 Å². The Hall–Kier alpha value is -2.18. The fourth-order valence-corrected chi connectivity index (χ4v) is 1.59. The van der Waals surface area contributed by atoms with E-state index >= 15 is 0 Å². The second-order valence-electron chi connectivity index (χ2n) is 4.80. The SMILES string of the molecule is CCNc1cncc(C(=O)NC(C)(C)CC(N)=O)n1. The Bertz CT molecular complexity index is 473. The third-order valence-corrected chi connectivity index (χ3v) is 2.29. The number of aromatic nitrogens is 2. The molecule has 0 spiro atoms. The van der Waals surface area contributed by atoms with Gasteiger partial charge in [-0.15, -0.1) is 0 Å². The monoisotopic (exact) mass is 265 g/mol. The van der Waals surface area contributed by atoms with Gasteiger partial charge in [0.1, 0.15) is 11.5 Å². The lowest BCUT2D eigenvalue weighted by molar-refractivity contribution is -0.119. The molecule has 0 saturated heterocycles. The van der Waals surface area contributed by atoms with Crippen molar-refractivity contribution in [2.24, 2.45) is 5.73 Å². The maximum Gasteiger partial charge on any atom is 0.271 e. The van der Waals surface area contributed by atoms with Crippen LogP contribution in [0.25, 0.3) is 0 Å². The van der Waals surface area contributed by atoms with Gasteiger partial charge in [-0.3, -0.25) is 14.6 Å². The number of nitrogens with two attached hydrogens (primary N) is 1. The maximum absolute atomic E-state index is 12.0. The van der Waals surface area contributed by atoms with Crippen LogP contribution in [0.5, 0.6) is 0 Å². The van der Waals surface area contributed by atoms with Crippen LogP contribution < -0.4 is 16.4 Å². The van der Waals surface area contributed by atoms with Crippen molar-refractivity contribution in [3.8, 4) is 0 Å². The molecule has 1 rings (SSSR count). The highest BCUT2D eigenvalue weighted by molar-refractivity contribution is 5.93. The number of carbonyl (C=O) groups is 2. The summed E-state index contributed by atoms with van der Waals surface area (Å²) in [6.45, 7) is 6.05. The van der Waals surface area contributed by atoms with E-state index in [4.69, 9.17) is 5.73 Å². The van der Waals surface area contributed by atoms with Crippen LogP contribution in [0.4, 0.5) is 5.82 Å². The molecule has 0 aromatic carbocycles. The van der Waals surface area contributed by atoms with Crippen LogP contribution in [0.2, 0.25) is 0 Å². The lowest BCUT2D eigenvalue weighted by atomic mass is 10.0. The number of nitrogens with one attached hydrogen (secondary N) is 2. The van der Waals surface area contributed by atoms with E-state index in [9.17, 15) is 9.59 Å². The first-order chi connectivity index (χ1) is 8.84. The number of nitrogens with zero attached hydrogens (tertiary/aromatic N) is 2. The fourth-order valence-electron chi connectivity index (χ4n) is 1.59. The summed E-state index contributed by atoms with van der Waals surface area (Å²) in [6.07, 6.45) is 2.96. The summed E-state index contributed by atoms with van der Waals surface area (Å²) >= 11 is 0. The average molecular weight is 265 g/mol. The van der Waals surface area contributed by atoms with E-state index in [1.165, 1.54) is 12.4 Å². The summed E-state index contributed by atoms with van der Waals surface area (Å²) < 4.78 is 0. The minimum atomic E-state index is -0.723. The quantitative estimate of drug-likeness (QED) is 0.685. The third kappa shape index (κ3) is 4.90. The van der Waals surface area contributed by atoms with Crippen LogP contribution in [0.3, 0.4) is 0 Å². The molecule has 0 fully saturated rings. The maximum atomic E-state index is 12.0. The van der Waals surface area contributed by atoms with Gasteiger partial charge in [0.25, 0.3) is 5.91 Å². The molecule has 0 saturated carbocycles. The molecule has 1 aromatic rings. The van der Waals surface area contributed by atoms with Crippen molar-refractivity contribution in [3.05, 3.63) is 18.1 Å². The van der Waals surface area contributed by atoms with Crippen molar-refractivity contribution in [3.63, 3.8) is 0 Å². The van der Waals surface area contributed by atoms with E-state index in [-0.39, 0.29) is 12.1 Å². The van der Waals surface area contributed by atoms with Crippen LogP contribution in [0, 0.1) is 0 Å². The number of primary amides is 1. The summed E-state index contributed by atoms with van der Waals surface area (Å²) in [7, 11) is 0. The highest BCUT2D eigenvalue weighted by atomic mass is 16.2. The first-order valence-electron chi connectivity index (χ1n) is 6.01. The zero-order valence-electron chi connectivity index (χ0n) is 11.4. The number of rotatable bonds is 6. The summed E-state index contributed by atoms with van der Waals surface area (Å²) in [6, 6.07) is 0. The molecule has 7 nitrogen and oxygen atoms in total. The van der Waals surface area contributed by atoms with E-state index in [0.29, 0.717) is 12.4 Å². The highest BCUT2D eigenvalue weighted by Gasteiger charge is 2.24. The summed E-state index contributed by atoms with van der Waals surface area (Å²) in [5.74, 6) is -0.334. The van der Waals surface area contributed by atoms with Crippen LogP contribution in [-0.4, -0.2) is 33.9 Å². The minimum absolute atomic E-state index is 0.0546. The lowest BCUT2D eigenvalue weighted by Gasteiger charge is -2.24. The topological polar surface area (TPSA) is 110 Å². The Morgan fingerprint density at radius 2 is 2.05 bits per heavy atom. The molecule has 1 heterocycles.